The zero-order valence-electron chi connectivity index (χ0n) is 8.55. The molecule has 0 saturated heterocycles. The summed E-state index contributed by atoms with van der Waals surface area (Å²) in [4.78, 5) is 22.3. The molecule has 86 valence electrons. The van der Waals surface area contributed by atoms with Gasteiger partial charge < -0.3 is 10.2 Å². The van der Waals surface area contributed by atoms with E-state index in [9.17, 15) is 14.7 Å². The first-order chi connectivity index (χ1) is 7.45. The molecule has 0 aliphatic carbocycles. The highest BCUT2D eigenvalue weighted by molar-refractivity contribution is 6.33. The number of Topliss-reactive ketones (excluding diaryl/α,β-unsaturated/α-hetero) is 1. The van der Waals surface area contributed by atoms with E-state index in [1.165, 1.54) is 19.1 Å². The van der Waals surface area contributed by atoms with E-state index < -0.39 is 23.2 Å². The summed E-state index contributed by atoms with van der Waals surface area (Å²) in [7, 11) is 0. The van der Waals surface area contributed by atoms with Crippen LogP contribution >= 0.6 is 11.6 Å². The van der Waals surface area contributed by atoms with Gasteiger partial charge in [-0.25, -0.2) is 4.79 Å². The number of hydrogen-bond acceptors (Lipinski definition) is 3. The highest BCUT2D eigenvalue weighted by Gasteiger charge is 2.23. The summed E-state index contributed by atoms with van der Waals surface area (Å²) in [5, 5.41) is 17.3. The third kappa shape index (κ3) is 2.59. The molecule has 2 unspecified atom stereocenters. The van der Waals surface area contributed by atoms with Gasteiger partial charge in [-0.1, -0.05) is 24.3 Å². The Hall–Kier alpha value is -1.39. The number of benzene rings is 1. The summed E-state index contributed by atoms with van der Waals surface area (Å²) in [6.07, 6.45) is -1.71. The fraction of sp³-hybridized carbons (Fsp3) is 0.273. The van der Waals surface area contributed by atoms with Gasteiger partial charge in [0.25, 0.3) is 0 Å². The van der Waals surface area contributed by atoms with Crippen molar-refractivity contribution in [1.82, 2.24) is 0 Å². The molecule has 0 aromatic heterocycles. The van der Waals surface area contributed by atoms with Crippen LogP contribution in [0.3, 0.4) is 0 Å². The van der Waals surface area contributed by atoms with Crippen molar-refractivity contribution in [3.8, 4) is 0 Å². The number of aliphatic carboxylic acids is 1. The average molecular weight is 243 g/mol. The van der Waals surface area contributed by atoms with Gasteiger partial charge in [0.05, 0.1) is 5.38 Å². The van der Waals surface area contributed by atoms with Crippen molar-refractivity contribution in [1.29, 1.82) is 0 Å². The first kappa shape index (κ1) is 12.7. The molecule has 16 heavy (non-hydrogen) atoms. The van der Waals surface area contributed by atoms with Crippen LogP contribution in [-0.4, -0.2) is 27.3 Å². The fourth-order valence-electron chi connectivity index (χ4n) is 1.31. The number of carboxylic acids is 1. The molecule has 0 aliphatic rings. The number of aliphatic hydroxyl groups is 1. The second-order valence-electron chi connectivity index (χ2n) is 3.31. The van der Waals surface area contributed by atoms with Crippen molar-refractivity contribution in [2.24, 2.45) is 0 Å². The number of rotatable bonds is 4. The number of halogens is 1. The monoisotopic (exact) mass is 242 g/mol. The minimum absolute atomic E-state index is 0.0625. The molecule has 0 heterocycles. The Kier molecular flexibility index (Phi) is 4.04. The standard InChI is InChI=1S/C11H11ClO4/c1-6(12)9(13)7-4-2-3-5-8(7)10(14)11(15)16/h2-6,10,14H,1H3,(H,15,16). The summed E-state index contributed by atoms with van der Waals surface area (Å²) in [6.45, 7) is 1.49. The molecule has 2 N–H and O–H groups in total. The van der Waals surface area contributed by atoms with E-state index in [-0.39, 0.29) is 11.1 Å². The third-order valence-electron chi connectivity index (χ3n) is 2.12. The Morgan fingerprint density at radius 2 is 1.88 bits per heavy atom. The average Bonchev–Trinajstić information content (AvgIpc) is 2.26. The molecule has 5 heteroatoms. The molecule has 0 fully saturated rings. The van der Waals surface area contributed by atoms with Crippen LogP contribution in [0.5, 0.6) is 0 Å². The van der Waals surface area contributed by atoms with Crippen molar-refractivity contribution in [3.63, 3.8) is 0 Å². The number of ketones is 1. The van der Waals surface area contributed by atoms with Gasteiger partial charge in [-0.05, 0) is 6.92 Å². The Bertz CT molecular complexity index is 414. The molecule has 0 saturated carbocycles. The molecule has 1 aromatic carbocycles. The number of alkyl halides is 1. The molecule has 1 rings (SSSR count). The van der Waals surface area contributed by atoms with Crippen LogP contribution in [0, 0.1) is 0 Å². The first-order valence-corrected chi connectivity index (χ1v) is 5.07. The highest BCUT2D eigenvalue weighted by Crippen LogP contribution is 2.20. The van der Waals surface area contributed by atoms with Gasteiger partial charge in [0.2, 0.25) is 0 Å². The predicted octanol–water partition coefficient (Wildman–Crippen LogP) is 1.61. The normalized spacial score (nSPS) is 14.2. The summed E-state index contributed by atoms with van der Waals surface area (Å²) in [6, 6.07) is 5.98. The third-order valence-corrected chi connectivity index (χ3v) is 2.31. The Morgan fingerprint density at radius 3 is 2.38 bits per heavy atom. The van der Waals surface area contributed by atoms with Gasteiger partial charge in [0.1, 0.15) is 0 Å². The van der Waals surface area contributed by atoms with Crippen LogP contribution in [0.4, 0.5) is 0 Å². The maximum atomic E-state index is 11.7. The van der Waals surface area contributed by atoms with Gasteiger partial charge in [0, 0.05) is 11.1 Å². The van der Waals surface area contributed by atoms with Crippen molar-refractivity contribution >= 4 is 23.4 Å². The molecule has 2 atom stereocenters. The van der Waals surface area contributed by atoms with Crippen molar-refractivity contribution in [2.45, 2.75) is 18.4 Å². The Labute approximate surface area is 97.5 Å². The zero-order valence-corrected chi connectivity index (χ0v) is 9.31. The van der Waals surface area contributed by atoms with Crippen LogP contribution < -0.4 is 0 Å². The topological polar surface area (TPSA) is 74.6 Å². The van der Waals surface area contributed by atoms with Gasteiger partial charge in [-0.3, -0.25) is 4.79 Å². The molecule has 0 amide bonds. The lowest BCUT2D eigenvalue weighted by Gasteiger charge is -2.12. The lowest BCUT2D eigenvalue weighted by Crippen LogP contribution is -2.18. The van der Waals surface area contributed by atoms with E-state index in [0.29, 0.717) is 0 Å². The van der Waals surface area contributed by atoms with Gasteiger partial charge in [-0.15, -0.1) is 11.6 Å². The van der Waals surface area contributed by atoms with E-state index in [0.717, 1.165) is 0 Å². The fourth-order valence-corrected chi connectivity index (χ4v) is 1.42. The molecule has 1 aromatic rings. The maximum Gasteiger partial charge on any atom is 0.337 e. The van der Waals surface area contributed by atoms with Crippen LogP contribution in [0.1, 0.15) is 28.9 Å². The van der Waals surface area contributed by atoms with E-state index in [1.54, 1.807) is 12.1 Å². The molecular formula is C11H11ClO4. The zero-order chi connectivity index (χ0) is 12.3. The molecule has 4 nitrogen and oxygen atoms in total. The van der Waals surface area contributed by atoms with Crippen LogP contribution in [0.2, 0.25) is 0 Å². The number of hydrogen-bond donors (Lipinski definition) is 2. The second-order valence-corrected chi connectivity index (χ2v) is 3.96. The molecular weight excluding hydrogens is 232 g/mol. The largest absolute Gasteiger partial charge is 0.479 e. The van der Waals surface area contributed by atoms with Crippen LogP contribution in [0.25, 0.3) is 0 Å². The summed E-state index contributed by atoms with van der Waals surface area (Å²) >= 11 is 5.64. The lowest BCUT2D eigenvalue weighted by atomic mass is 9.98. The van der Waals surface area contributed by atoms with Gasteiger partial charge >= 0.3 is 5.97 Å². The van der Waals surface area contributed by atoms with Gasteiger partial charge in [0.15, 0.2) is 11.9 Å². The second kappa shape index (κ2) is 5.09. The summed E-state index contributed by atoms with van der Waals surface area (Å²) < 4.78 is 0. The summed E-state index contributed by atoms with van der Waals surface area (Å²) in [5.41, 5.74) is 0.201. The highest BCUT2D eigenvalue weighted by atomic mass is 35.5. The molecule has 0 aliphatic heterocycles. The van der Waals surface area contributed by atoms with Crippen LogP contribution in [0.15, 0.2) is 24.3 Å². The van der Waals surface area contributed by atoms with E-state index in [2.05, 4.69) is 0 Å². The minimum Gasteiger partial charge on any atom is -0.479 e. The van der Waals surface area contributed by atoms with E-state index >= 15 is 0 Å². The first-order valence-electron chi connectivity index (χ1n) is 4.63. The van der Waals surface area contributed by atoms with Crippen molar-refractivity contribution in [3.05, 3.63) is 35.4 Å². The number of carbonyl (C=O) groups is 2. The number of aliphatic hydroxyl groups excluding tert-OH is 1. The molecule has 0 bridgehead atoms. The van der Waals surface area contributed by atoms with Crippen LogP contribution in [-0.2, 0) is 4.79 Å². The Balaban J connectivity index is 3.20. The summed E-state index contributed by atoms with van der Waals surface area (Å²) in [5.74, 6) is -1.81. The predicted molar refractivity (Wildman–Crippen MR) is 58.7 cm³/mol. The number of carboxylic acid groups (broad SMARTS) is 1. The van der Waals surface area contributed by atoms with Crippen molar-refractivity contribution < 1.29 is 19.8 Å². The molecule has 0 spiro atoms. The van der Waals surface area contributed by atoms with E-state index in [4.69, 9.17) is 16.7 Å². The Morgan fingerprint density at radius 1 is 1.31 bits per heavy atom. The molecule has 0 radical (unpaired) electrons. The quantitative estimate of drug-likeness (QED) is 0.621. The number of carbonyl (C=O) groups excluding carboxylic acids is 1. The smallest absolute Gasteiger partial charge is 0.337 e. The maximum absolute atomic E-state index is 11.7. The van der Waals surface area contributed by atoms with Crippen molar-refractivity contribution in [2.75, 3.05) is 0 Å². The van der Waals surface area contributed by atoms with Gasteiger partial charge in [-0.2, -0.15) is 0 Å². The minimum atomic E-state index is -1.71. The SMILES string of the molecule is CC(Cl)C(=O)c1ccccc1C(O)C(=O)O. The van der Waals surface area contributed by atoms with E-state index in [1.807, 2.05) is 0 Å². The lowest BCUT2D eigenvalue weighted by molar-refractivity contribution is -0.146.